The summed E-state index contributed by atoms with van der Waals surface area (Å²) in [6.45, 7) is 3.63. The van der Waals surface area contributed by atoms with Crippen molar-refractivity contribution >= 4 is 51.0 Å². The van der Waals surface area contributed by atoms with E-state index in [0.717, 1.165) is 22.9 Å². The number of ether oxygens (including phenoxy) is 1. The van der Waals surface area contributed by atoms with Crippen molar-refractivity contribution in [1.82, 2.24) is 0 Å². The zero-order chi connectivity index (χ0) is 24.4. The summed E-state index contributed by atoms with van der Waals surface area (Å²) >= 11 is 3.41. The minimum absolute atomic E-state index is 0.173. The third-order valence-electron chi connectivity index (χ3n) is 6.58. The van der Waals surface area contributed by atoms with Gasteiger partial charge in [-0.05, 0) is 73.6 Å². The number of nitrogens with one attached hydrogen (secondary N) is 1. The highest BCUT2D eigenvalue weighted by molar-refractivity contribution is 9.10. The predicted octanol–water partition coefficient (Wildman–Crippen LogP) is 4.73. The molecule has 1 N–H and O–H groups in total. The number of hydrogen-bond donors (Lipinski definition) is 1. The van der Waals surface area contributed by atoms with Crippen molar-refractivity contribution in [3.05, 3.63) is 58.1 Å². The molecule has 0 aromatic heterocycles. The molecule has 34 heavy (non-hydrogen) atoms. The molecule has 4 rings (SSSR count). The Hall–Kier alpha value is -3.00. The second-order valence-corrected chi connectivity index (χ2v) is 9.89. The van der Waals surface area contributed by atoms with Gasteiger partial charge in [-0.25, -0.2) is 4.79 Å². The highest BCUT2D eigenvalue weighted by Crippen LogP contribution is 2.42. The third kappa shape index (κ3) is 4.92. The molecule has 2 fully saturated rings. The van der Waals surface area contributed by atoms with Crippen LogP contribution >= 0.6 is 15.9 Å². The van der Waals surface area contributed by atoms with Crippen molar-refractivity contribution in [1.29, 1.82) is 0 Å². The summed E-state index contributed by atoms with van der Waals surface area (Å²) in [5.41, 5.74) is 2.15. The molecule has 0 unspecified atom stereocenters. The van der Waals surface area contributed by atoms with Crippen LogP contribution in [0.4, 0.5) is 11.4 Å². The number of esters is 1. The molecule has 2 aromatic carbocycles. The van der Waals surface area contributed by atoms with Gasteiger partial charge in [-0.1, -0.05) is 35.8 Å². The maximum absolute atomic E-state index is 13.0. The number of amides is 3. The van der Waals surface area contributed by atoms with E-state index in [1.807, 2.05) is 19.1 Å². The zero-order valence-electron chi connectivity index (χ0n) is 19.2. The SMILES string of the molecule is CCc1cc(Br)ccc1NC(=O)COC(=O)c1cccc(N2C(=O)[C@H]3C[C@@H](C)CC[C@H]3C2=O)c1. The molecule has 1 saturated heterocycles. The normalized spacial score (nSPS) is 21.9. The van der Waals surface area contributed by atoms with E-state index in [0.29, 0.717) is 30.1 Å². The lowest BCUT2D eigenvalue weighted by Gasteiger charge is -2.25. The molecule has 0 radical (unpaired) electrons. The summed E-state index contributed by atoms with van der Waals surface area (Å²) in [5.74, 6) is -1.72. The van der Waals surface area contributed by atoms with Gasteiger partial charge in [0.25, 0.3) is 5.91 Å². The fraction of sp³-hybridized carbons (Fsp3) is 0.385. The predicted molar refractivity (Wildman–Crippen MR) is 131 cm³/mol. The highest BCUT2D eigenvalue weighted by Gasteiger charge is 2.50. The molecule has 1 saturated carbocycles. The number of anilines is 2. The monoisotopic (exact) mass is 526 g/mol. The number of halogens is 1. The lowest BCUT2D eigenvalue weighted by molar-refractivity contribution is -0.122. The number of aryl methyl sites for hydroxylation is 1. The molecule has 1 heterocycles. The van der Waals surface area contributed by atoms with Gasteiger partial charge in [0, 0.05) is 10.2 Å². The van der Waals surface area contributed by atoms with Gasteiger partial charge in [0.05, 0.1) is 23.1 Å². The molecule has 2 aliphatic rings. The van der Waals surface area contributed by atoms with Crippen LogP contribution in [0.5, 0.6) is 0 Å². The van der Waals surface area contributed by atoms with Gasteiger partial charge in [0.15, 0.2) is 6.61 Å². The average Bonchev–Trinajstić information content (AvgIpc) is 3.07. The number of imide groups is 1. The van der Waals surface area contributed by atoms with E-state index in [-0.39, 0.29) is 29.2 Å². The second kappa shape index (κ2) is 10.1. The zero-order valence-corrected chi connectivity index (χ0v) is 20.8. The van der Waals surface area contributed by atoms with Crippen LogP contribution in [-0.4, -0.2) is 30.3 Å². The summed E-state index contributed by atoms with van der Waals surface area (Å²) < 4.78 is 6.10. The Kier molecular flexibility index (Phi) is 7.16. The maximum atomic E-state index is 13.0. The molecule has 3 atom stereocenters. The molecular weight excluding hydrogens is 500 g/mol. The average molecular weight is 527 g/mol. The second-order valence-electron chi connectivity index (χ2n) is 8.97. The molecule has 8 heteroatoms. The van der Waals surface area contributed by atoms with Crippen LogP contribution in [0.2, 0.25) is 0 Å². The van der Waals surface area contributed by atoms with E-state index in [9.17, 15) is 19.2 Å². The van der Waals surface area contributed by atoms with Gasteiger partial charge < -0.3 is 10.1 Å². The van der Waals surface area contributed by atoms with E-state index in [1.165, 1.54) is 17.0 Å². The van der Waals surface area contributed by atoms with Crippen molar-refractivity contribution in [3.8, 4) is 0 Å². The molecule has 7 nitrogen and oxygen atoms in total. The molecular formula is C26H27BrN2O5. The Morgan fingerprint density at radius 2 is 1.85 bits per heavy atom. The summed E-state index contributed by atoms with van der Waals surface area (Å²) in [4.78, 5) is 52.0. The quantitative estimate of drug-likeness (QED) is 0.433. The van der Waals surface area contributed by atoms with E-state index in [1.54, 1.807) is 18.2 Å². The summed E-state index contributed by atoms with van der Waals surface area (Å²) in [6, 6.07) is 11.8. The number of nitrogens with zero attached hydrogens (tertiary/aromatic N) is 1. The lowest BCUT2D eigenvalue weighted by atomic mass is 9.76. The smallest absolute Gasteiger partial charge is 0.338 e. The number of benzene rings is 2. The summed E-state index contributed by atoms with van der Waals surface area (Å²) in [7, 11) is 0. The molecule has 1 aliphatic carbocycles. The first-order valence-electron chi connectivity index (χ1n) is 11.5. The van der Waals surface area contributed by atoms with E-state index >= 15 is 0 Å². The fourth-order valence-corrected chi connectivity index (χ4v) is 5.20. The Morgan fingerprint density at radius 3 is 2.62 bits per heavy atom. The van der Waals surface area contributed by atoms with E-state index in [4.69, 9.17) is 4.74 Å². The number of fused-ring (bicyclic) bond motifs is 1. The number of hydrogen-bond acceptors (Lipinski definition) is 5. The topological polar surface area (TPSA) is 92.8 Å². The number of carbonyl (C=O) groups is 4. The van der Waals surface area contributed by atoms with Gasteiger partial charge in [0.2, 0.25) is 11.8 Å². The largest absolute Gasteiger partial charge is 0.452 e. The Labute approximate surface area is 207 Å². The Morgan fingerprint density at radius 1 is 1.09 bits per heavy atom. The minimum Gasteiger partial charge on any atom is -0.452 e. The van der Waals surface area contributed by atoms with Crippen LogP contribution < -0.4 is 10.2 Å². The van der Waals surface area contributed by atoms with Crippen molar-refractivity contribution in [3.63, 3.8) is 0 Å². The maximum Gasteiger partial charge on any atom is 0.338 e. The van der Waals surface area contributed by atoms with Crippen molar-refractivity contribution in [2.75, 3.05) is 16.8 Å². The standard InChI is InChI=1S/C26H27BrN2O5/c1-3-16-12-18(27)8-10-22(16)28-23(30)14-34-26(33)17-5-4-6-19(13-17)29-24(31)20-9-7-15(2)11-21(20)25(29)32/h4-6,8,10,12-13,15,20-21H,3,7,9,11,14H2,1-2H3,(H,28,30)/t15-,20+,21-/m0/s1. The summed E-state index contributed by atoms with van der Waals surface area (Å²) in [5, 5.41) is 2.76. The first-order valence-corrected chi connectivity index (χ1v) is 12.3. The number of rotatable bonds is 6. The third-order valence-corrected chi connectivity index (χ3v) is 7.08. The minimum atomic E-state index is -0.700. The van der Waals surface area contributed by atoms with Crippen LogP contribution in [0.3, 0.4) is 0 Å². The van der Waals surface area contributed by atoms with Crippen LogP contribution in [0.1, 0.15) is 49.0 Å². The first kappa shape index (κ1) is 24.1. The molecule has 1 aliphatic heterocycles. The van der Waals surface area contributed by atoms with Crippen molar-refractivity contribution < 1.29 is 23.9 Å². The molecule has 0 bridgehead atoms. The fourth-order valence-electron chi connectivity index (χ4n) is 4.79. The molecule has 3 amide bonds. The van der Waals surface area contributed by atoms with Crippen LogP contribution in [0.25, 0.3) is 0 Å². The van der Waals surface area contributed by atoms with Crippen LogP contribution in [-0.2, 0) is 25.5 Å². The van der Waals surface area contributed by atoms with Gasteiger partial charge in [0.1, 0.15) is 0 Å². The molecule has 0 spiro atoms. The van der Waals surface area contributed by atoms with Gasteiger partial charge >= 0.3 is 5.97 Å². The highest BCUT2D eigenvalue weighted by atomic mass is 79.9. The van der Waals surface area contributed by atoms with Crippen molar-refractivity contribution in [2.45, 2.75) is 39.5 Å². The Balaban J connectivity index is 1.41. The van der Waals surface area contributed by atoms with Crippen LogP contribution in [0.15, 0.2) is 46.9 Å². The van der Waals surface area contributed by atoms with Crippen molar-refractivity contribution in [2.24, 2.45) is 17.8 Å². The molecule has 2 aromatic rings. The molecule has 178 valence electrons. The first-order chi connectivity index (χ1) is 16.3. The van der Waals surface area contributed by atoms with Crippen LogP contribution in [0, 0.1) is 17.8 Å². The Bertz CT molecular complexity index is 1150. The van der Waals surface area contributed by atoms with E-state index in [2.05, 4.69) is 28.2 Å². The lowest BCUT2D eigenvalue weighted by Crippen LogP contribution is -2.31. The van der Waals surface area contributed by atoms with Gasteiger partial charge in [-0.2, -0.15) is 0 Å². The summed E-state index contributed by atoms with van der Waals surface area (Å²) in [6.07, 6.45) is 3.08. The van der Waals surface area contributed by atoms with Gasteiger partial charge in [-0.15, -0.1) is 0 Å². The number of carbonyl (C=O) groups excluding carboxylic acids is 4. The van der Waals surface area contributed by atoms with Gasteiger partial charge in [-0.3, -0.25) is 19.3 Å². The van der Waals surface area contributed by atoms with E-state index < -0.39 is 18.5 Å².